The molecule has 3 heterocycles. The summed E-state index contributed by atoms with van der Waals surface area (Å²) in [5.41, 5.74) is 0.651. The monoisotopic (exact) mass is 309 g/mol. The van der Waals surface area contributed by atoms with E-state index in [1.165, 1.54) is 0 Å². The van der Waals surface area contributed by atoms with Crippen molar-refractivity contribution in [2.75, 3.05) is 44.4 Å². The Bertz CT molecular complexity index is 460. The van der Waals surface area contributed by atoms with E-state index in [1.807, 2.05) is 0 Å². The second kappa shape index (κ2) is 7.82. The number of anilines is 1. The van der Waals surface area contributed by atoms with E-state index in [1.54, 1.807) is 12.3 Å². The summed E-state index contributed by atoms with van der Waals surface area (Å²) in [6.45, 7) is 4.23. The summed E-state index contributed by atoms with van der Waals surface area (Å²) in [6.07, 6.45) is 3.90. The van der Waals surface area contributed by atoms with Crippen molar-refractivity contribution in [3.8, 4) is 0 Å². The molecule has 1 N–H and O–H groups in total. The van der Waals surface area contributed by atoms with Crippen LogP contribution >= 0.6 is 0 Å². The van der Waals surface area contributed by atoms with Crippen LogP contribution in [0.3, 0.4) is 0 Å². The molecule has 0 bridgehead atoms. The van der Waals surface area contributed by atoms with Gasteiger partial charge in [0.2, 0.25) is 5.95 Å². The average molecular weight is 309 g/mol. The molecule has 3 rings (SSSR count). The van der Waals surface area contributed by atoms with Crippen LogP contribution in [0.1, 0.15) is 18.5 Å². The Kier molecular flexibility index (Phi) is 5.55. The SMILES string of the molecule is OCc1ccnc(N2CCC(OCC3COCCO3)CC2)n1. The minimum absolute atomic E-state index is 0.0570. The molecule has 2 aliphatic heterocycles. The highest BCUT2D eigenvalue weighted by molar-refractivity contribution is 5.30. The molecule has 1 aromatic heterocycles. The van der Waals surface area contributed by atoms with Gasteiger partial charge in [0.1, 0.15) is 6.10 Å². The van der Waals surface area contributed by atoms with E-state index in [9.17, 15) is 0 Å². The molecular weight excluding hydrogens is 286 g/mol. The van der Waals surface area contributed by atoms with Gasteiger partial charge in [-0.2, -0.15) is 0 Å². The first-order valence-corrected chi connectivity index (χ1v) is 7.84. The Balaban J connectivity index is 1.43. The number of hydrogen-bond acceptors (Lipinski definition) is 7. The molecule has 7 heteroatoms. The first kappa shape index (κ1) is 15.6. The number of aliphatic hydroxyl groups is 1. The summed E-state index contributed by atoms with van der Waals surface area (Å²) in [5.74, 6) is 0.689. The minimum atomic E-state index is -0.0570. The van der Waals surface area contributed by atoms with Crippen molar-refractivity contribution < 1.29 is 19.3 Å². The highest BCUT2D eigenvalue weighted by Gasteiger charge is 2.23. The molecule has 122 valence electrons. The van der Waals surface area contributed by atoms with E-state index in [-0.39, 0.29) is 18.8 Å². The zero-order valence-corrected chi connectivity index (χ0v) is 12.7. The largest absolute Gasteiger partial charge is 0.390 e. The Hall–Kier alpha value is -1.28. The molecule has 22 heavy (non-hydrogen) atoms. The normalized spacial score (nSPS) is 23.7. The number of aliphatic hydroxyl groups excluding tert-OH is 1. The molecule has 2 aliphatic rings. The van der Waals surface area contributed by atoms with E-state index in [2.05, 4.69) is 14.9 Å². The third kappa shape index (κ3) is 4.13. The zero-order chi connectivity index (χ0) is 15.2. The number of rotatable bonds is 5. The lowest BCUT2D eigenvalue weighted by Gasteiger charge is -2.33. The highest BCUT2D eigenvalue weighted by Crippen LogP contribution is 2.19. The molecule has 0 aliphatic carbocycles. The van der Waals surface area contributed by atoms with Crippen molar-refractivity contribution in [1.82, 2.24) is 9.97 Å². The van der Waals surface area contributed by atoms with Gasteiger partial charge in [-0.1, -0.05) is 0 Å². The second-order valence-electron chi connectivity index (χ2n) is 5.59. The maximum atomic E-state index is 9.15. The standard InChI is InChI=1S/C15H23N3O4/c19-9-12-1-4-16-15(17-12)18-5-2-13(3-6-18)22-11-14-10-20-7-8-21-14/h1,4,13-14,19H,2-3,5-11H2. The molecule has 1 atom stereocenters. The lowest BCUT2D eigenvalue weighted by atomic mass is 10.1. The van der Waals surface area contributed by atoms with Gasteiger partial charge in [-0.3, -0.25) is 0 Å². The van der Waals surface area contributed by atoms with E-state index in [0.717, 1.165) is 25.9 Å². The van der Waals surface area contributed by atoms with Crippen molar-refractivity contribution >= 4 is 5.95 Å². The third-order valence-electron chi connectivity index (χ3n) is 3.99. The number of aromatic nitrogens is 2. The molecule has 0 aromatic carbocycles. The smallest absolute Gasteiger partial charge is 0.225 e. The zero-order valence-electron chi connectivity index (χ0n) is 12.7. The van der Waals surface area contributed by atoms with Gasteiger partial charge in [0.15, 0.2) is 0 Å². The van der Waals surface area contributed by atoms with Crippen LogP contribution in [-0.4, -0.2) is 66.8 Å². The fourth-order valence-corrected chi connectivity index (χ4v) is 2.72. The minimum Gasteiger partial charge on any atom is -0.390 e. The van der Waals surface area contributed by atoms with Gasteiger partial charge in [0.25, 0.3) is 0 Å². The Labute approximate surface area is 130 Å². The van der Waals surface area contributed by atoms with Crippen LogP contribution in [0.5, 0.6) is 0 Å². The van der Waals surface area contributed by atoms with Crippen molar-refractivity contribution in [2.45, 2.75) is 31.7 Å². The van der Waals surface area contributed by atoms with E-state index in [4.69, 9.17) is 19.3 Å². The quantitative estimate of drug-likeness (QED) is 0.842. The van der Waals surface area contributed by atoms with Gasteiger partial charge in [-0.25, -0.2) is 9.97 Å². The summed E-state index contributed by atoms with van der Waals surface area (Å²) in [7, 11) is 0. The molecule has 1 aromatic rings. The maximum Gasteiger partial charge on any atom is 0.225 e. The molecule has 2 saturated heterocycles. The topological polar surface area (TPSA) is 76.9 Å². The fraction of sp³-hybridized carbons (Fsp3) is 0.733. The van der Waals surface area contributed by atoms with Gasteiger partial charge in [0.05, 0.1) is 44.8 Å². The van der Waals surface area contributed by atoms with E-state index < -0.39 is 0 Å². The third-order valence-corrected chi connectivity index (χ3v) is 3.99. The molecule has 1 unspecified atom stereocenters. The summed E-state index contributed by atoms with van der Waals surface area (Å²) >= 11 is 0. The average Bonchev–Trinajstić information content (AvgIpc) is 2.61. The fourth-order valence-electron chi connectivity index (χ4n) is 2.72. The number of piperidine rings is 1. The summed E-state index contributed by atoms with van der Waals surface area (Å²) in [6, 6.07) is 1.73. The van der Waals surface area contributed by atoms with Crippen LogP contribution in [0.2, 0.25) is 0 Å². The van der Waals surface area contributed by atoms with Gasteiger partial charge in [-0.05, 0) is 18.9 Å². The van der Waals surface area contributed by atoms with Gasteiger partial charge in [0, 0.05) is 19.3 Å². The molecule has 0 spiro atoms. The van der Waals surface area contributed by atoms with Gasteiger partial charge in [-0.15, -0.1) is 0 Å². The predicted molar refractivity (Wildman–Crippen MR) is 79.7 cm³/mol. The van der Waals surface area contributed by atoms with Crippen molar-refractivity contribution in [2.24, 2.45) is 0 Å². The summed E-state index contributed by atoms with van der Waals surface area (Å²) < 4.78 is 16.9. The van der Waals surface area contributed by atoms with E-state index in [0.29, 0.717) is 38.1 Å². The molecule has 2 fully saturated rings. The maximum absolute atomic E-state index is 9.15. The molecule has 0 radical (unpaired) electrons. The number of nitrogens with zero attached hydrogens (tertiary/aromatic N) is 3. The highest BCUT2D eigenvalue weighted by atomic mass is 16.6. The molecule has 0 amide bonds. The van der Waals surface area contributed by atoms with Crippen molar-refractivity contribution in [3.05, 3.63) is 18.0 Å². The van der Waals surface area contributed by atoms with Crippen LogP contribution in [-0.2, 0) is 20.8 Å². The molecular formula is C15H23N3O4. The second-order valence-corrected chi connectivity index (χ2v) is 5.59. The number of ether oxygens (including phenoxy) is 3. The van der Waals surface area contributed by atoms with Crippen LogP contribution < -0.4 is 4.90 Å². The first-order chi connectivity index (χ1) is 10.8. The van der Waals surface area contributed by atoms with E-state index >= 15 is 0 Å². The lowest BCUT2D eigenvalue weighted by molar-refractivity contribution is -0.126. The van der Waals surface area contributed by atoms with Crippen molar-refractivity contribution in [3.63, 3.8) is 0 Å². The summed E-state index contributed by atoms with van der Waals surface area (Å²) in [5, 5.41) is 9.15. The number of hydrogen-bond donors (Lipinski definition) is 1. The Morgan fingerprint density at radius 3 is 2.91 bits per heavy atom. The molecule has 7 nitrogen and oxygen atoms in total. The molecule has 0 saturated carbocycles. The lowest BCUT2D eigenvalue weighted by Crippen LogP contribution is -2.40. The Morgan fingerprint density at radius 1 is 1.32 bits per heavy atom. The van der Waals surface area contributed by atoms with Crippen molar-refractivity contribution in [1.29, 1.82) is 0 Å². The van der Waals surface area contributed by atoms with Crippen LogP contribution in [0, 0.1) is 0 Å². The van der Waals surface area contributed by atoms with Crippen LogP contribution in [0.4, 0.5) is 5.95 Å². The van der Waals surface area contributed by atoms with Crippen LogP contribution in [0.25, 0.3) is 0 Å². The predicted octanol–water partition coefficient (Wildman–Crippen LogP) is 0.370. The first-order valence-electron chi connectivity index (χ1n) is 7.84. The van der Waals surface area contributed by atoms with Crippen LogP contribution in [0.15, 0.2) is 12.3 Å². The summed E-state index contributed by atoms with van der Waals surface area (Å²) in [4.78, 5) is 10.8. The Morgan fingerprint density at radius 2 is 2.18 bits per heavy atom. The van der Waals surface area contributed by atoms with Gasteiger partial charge >= 0.3 is 0 Å². The van der Waals surface area contributed by atoms with Gasteiger partial charge < -0.3 is 24.2 Å².